The van der Waals surface area contributed by atoms with Gasteiger partial charge >= 0.3 is 0 Å². The number of thiophene rings is 1. The third-order valence-corrected chi connectivity index (χ3v) is 4.85. The highest BCUT2D eigenvalue weighted by molar-refractivity contribution is 9.11. The molecule has 3 rings (SSSR count). The number of fused-ring (bicyclic) bond motifs is 1. The molecule has 0 atom stereocenters. The van der Waals surface area contributed by atoms with Crippen molar-refractivity contribution in [1.29, 1.82) is 0 Å². The zero-order chi connectivity index (χ0) is 16.6. The van der Waals surface area contributed by atoms with Crippen LogP contribution in [-0.4, -0.2) is 20.3 Å². The van der Waals surface area contributed by atoms with Crippen LogP contribution >= 0.6 is 27.3 Å². The van der Waals surface area contributed by atoms with Crippen LogP contribution in [0, 0.1) is 10.1 Å². The van der Waals surface area contributed by atoms with Gasteiger partial charge in [0, 0.05) is 12.1 Å². The van der Waals surface area contributed by atoms with E-state index in [0.717, 1.165) is 8.35 Å². The second kappa shape index (κ2) is 6.01. The highest BCUT2D eigenvalue weighted by atomic mass is 79.9. The first-order valence-corrected chi connectivity index (χ1v) is 7.99. The quantitative estimate of drug-likeness (QED) is 0.385. The van der Waals surface area contributed by atoms with Crippen molar-refractivity contribution >= 4 is 49.6 Å². The molecule has 3 aromatic rings. The summed E-state index contributed by atoms with van der Waals surface area (Å²) in [5, 5.41) is 10.9. The van der Waals surface area contributed by atoms with Crippen LogP contribution in [0.25, 0.3) is 10.9 Å². The molecule has 0 fully saturated rings. The second-order valence-corrected chi connectivity index (χ2v) is 7.13. The van der Waals surface area contributed by atoms with E-state index in [4.69, 9.17) is 0 Å². The lowest BCUT2D eigenvalue weighted by Crippen LogP contribution is -2.24. The molecule has 0 saturated carbocycles. The lowest BCUT2D eigenvalue weighted by Gasteiger charge is -2.05. The predicted octanol–water partition coefficient (Wildman–Crippen LogP) is 3.01. The standard InChI is InChI=1S/C14H8BrN3O4S/c15-13-4-3-12(23-13)11(19)6-17-7-16-10-2-1-8(18(21)22)5-9(10)14(17)20/h1-5,7H,6H2. The Morgan fingerprint density at radius 2 is 2.13 bits per heavy atom. The fourth-order valence-electron chi connectivity index (χ4n) is 2.07. The summed E-state index contributed by atoms with van der Waals surface area (Å²) >= 11 is 4.55. The van der Waals surface area contributed by atoms with Gasteiger partial charge in [0.2, 0.25) is 0 Å². The maximum Gasteiger partial charge on any atom is 0.270 e. The Bertz CT molecular complexity index is 995. The van der Waals surface area contributed by atoms with Gasteiger partial charge in [0.25, 0.3) is 11.2 Å². The number of nitro groups is 1. The normalized spacial score (nSPS) is 10.8. The number of carbonyl (C=O) groups is 1. The van der Waals surface area contributed by atoms with Crippen molar-refractivity contribution in [2.24, 2.45) is 0 Å². The molecule has 2 aromatic heterocycles. The molecule has 0 aliphatic rings. The van der Waals surface area contributed by atoms with Gasteiger partial charge in [-0.05, 0) is 34.1 Å². The fourth-order valence-corrected chi connectivity index (χ4v) is 3.39. The summed E-state index contributed by atoms with van der Waals surface area (Å²) in [6, 6.07) is 7.29. The Labute approximate surface area is 141 Å². The summed E-state index contributed by atoms with van der Waals surface area (Å²) < 4.78 is 1.97. The Kier molecular flexibility index (Phi) is 4.05. The van der Waals surface area contributed by atoms with Crippen LogP contribution in [0.3, 0.4) is 0 Å². The van der Waals surface area contributed by atoms with Gasteiger partial charge in [0.15, 0.2) is 5.78 Å². The molecule has 0 bridgehead atoms. The Morgan fingerprint density at radius 3 is 2.78 bits per heavy atom. The molecule has 2 heterocycles. The van der Waals surface area contributed by atoms with E-state index in [9.17, 15) is 19.7 Å². The molecule has 1 aromatic carbocycles. The molecule has 0 unspecified atom stereocenters. The average Bonchev–Trinajstić information content (AvgIpc) is 2.96. The van der Waals surface area contributed by atoms with Gasteiger partial charge in [-0.25, -0.2) is 4.98 Å². The monoisotopic (exact) mass is 393 g/mol. The number of non-ortho nitro benzene ring substituents is 1. The Morgan fingerprint density at radius 1 is 1.35 bits per heavy atom. The molecular weight excluding hydrogens is 386 g/mol. The van der Waals surface area contributed by atoms with Crippen LogP contribution < -0.4 is 5.56 Å². The second-order valence-electron chi connectivity index (χ2n) is 4.66. The number of Topliss-reactive ketones (excluding diaryl/α,β-unsaturated/α-hetero) is 1. The Balaban J connectivity index is 2.01. The molecule has 0 N–H and O–H groups in total. The van der Waals surface area contributed by atoms with E-state index < -0.39 is 10.5 Å². The summed E-state index contributed by atoms with van der Waals surface area (Å²) in [4.78, 5) is 39.4. The molecule has 0 aliphatic heterocycles. The molecule has 7 nitrogen and oxygen atoms in total. The van der Waals surface area contributed by atoms with E-state index in [1.165, 1.54) is 35.9 Å². The van der Waals surface area contributed by atoms with E-state index in [-0.39, 0.29) is 23.4 Å². The minimum Gasteiger partial charge on any atom is -0.291 e. The number of nitro benzene ring substituents is 1. The number of hydrogen-bond donors (Lipinski definition) is 0. The number of halogens is 1. The maximum atomic E-state index is 12.4. The summed E-state index contributed by atoms with van der Waals surface area (Å²) in [5.74, 6) is -0.227. The molecule has 0 saturated heterocycles. The number of carbonyl (C=O) groups excluding carboxylic acids is 1. The molecule has 0 amide bonds. The van der Waals surface area contributed by atoms with Crippen LogP contribution in [0.1, 0.15) is 9.67 Å². The predicted molar refractivity (Wildman–Crippen MR) is 89.0 cm³/mol. The number of nitrogens with zero attached hydrogens (tertiary/aromatic N) is 3. The van der Waals surface area contributed by atoms with Crippen molar-refractivity contribution in [3.05, 3.63) is 65.8 Å². The number of aromatic nitrogens is 2. The van der Waals surface area contributed by atoms with Crippen LogP contribution in [0.15, 0.2) is 45.2 Å². The van der Waals surface area contributed by atoms with Gasteiger partial charge in [-0.1, -0.05) is 0 Å². The first-order valence-electron chi connectivity index (χ1n) is 6.38. The number of ketones is 1. The number of benzene rings is 1. The van der Waals surface area contributed by atoms with E-state index in [1.807, 2.05) is 0 Å². The van der Waals surface area contributed by atoms with E-state index >= 15 is 0 Å². The summed E-state index contributed by atoms with van der Waals surface area (Å²) in [6.07, 6.45) is 1.27. The smallest absolute Gasteiger partial charge is 0.270 e. The van der Waals surface area contributed by atoms with Crippen LogP contribution in [-0.2, 0) is 6.54 Å². The van der Waals surface area contributed by atoms with E-state index in [0.29, 0.717) is 10.4 Å². The summed E-state index contributed by atoms with van der Waals surface area (Å²) in [5.41, 5.74) is -0.325. The zero-order valence-electron chi connectivity index (χ0n) is 11.4. The van der Waals surface area contributed by atoms with Crippen molar-refractivity contribution < 1.29 is 9.72 Å². The topological polar surface area (TPSA) is 95.1 Å². The van der Waals surface area contributed by atoms with Crippen molar-refractivity contribution in [3.8, 4) is 0 Å². The minimum absolute atomic E-state index is 0.113. The fraction of sp³-hybridized carbons (Fsp3) is 0.0714. The molecular formula is C14H8BrN3O4S. The van der Waals surface area contributed by atoms with Crippen LogP contribution in [0.4, 0.5) is 5.69 Å². The van der Waals surface area contributed by atoms with Crippen LogP contribution in [0.2, 0.25) is 0 Å². The van der Waals surface area contributed by atoms with E-state index in [2.05, 4.69) is 20.9 Å². The third-order valence-electron chi connectivity index (χ3n) is 3.18. The molecule has 0 spiro atoms. The molecule has 116 valence electrons. The molecule has 0 aliphatic carbocycles. The highest BCUT2D eigenvalue weighted by Gasteiger charge is 2.14. The highest BCUT2D eigenvalue weighted by Crippen LogP contribution is 2.22. The van der Waals surface area contributed by atoms with Gasteiger partial charge < -0.3 is 0 Å². The maximum absolute atomic E-state index is 12.4. The number of hydrogen-bond acceptors (Lipinski definition) is 6. The summed E-state index contributed by atoms with van der Waals surface area (Å²) in [6.45, 7) is -0.169. The van der Waals surface area contributed by atoms with Crippen molar-refractivity contribution in [1.82, 2.24) is 9.55 Å². The van der Waals surface area contributed by atoms with Gasteiger partial charge in [0.1, 0.15) is 0 Å². The van der Waals surface area contributed by atoms with Crippen molar-refractivity contribution in [2.75, 3.05) is 0 Å². The van der Waals surface area contributed by atoms with Gasteiger partial charge in [-0.15, -0.1) is 11.3 Å². The SMILES string of the molecule is O=C(Cn1cnc2ccc([N+](=O)[O-])cc2c1=O)c1ccc(Br)s1. The average molecular weight is 394 g/mol. The molecule has 9 heteroatoms. The van der Waals surface area contributed by atoms with Crippen LogP contribution in [0.5, 0.6) is 0 Å². The van der Waals surface area contributed by atoms with Gasteiger partial charge in [0.05, 0.1) is 37.4 Å². The van der Waals surface area contributed by atoms with Crippen molar-refractivity contribution in [3.63, 3.8) is 0 Å². The zero-order valence-corrected chi connectivity index (χ0v) is 13.8. The molecule has 0 radical (unpaired) electrons. The van der Waals surface area contributed by atoms with Gasteiger partial charge in [-0.2, -0.15) is 0 Å². The minimum atomic E-state index is -0.579. The lowest BCUT2D eigenvalue weighted by molar-refractivity contribution is -0.384. The summed E-state index contributed by atoms with van der Waals surface area (Å²) in [7, 11) is 0. The first kappa shape index (κ1) is 15.5. The molecule has 23 heavy (non-hydrogen) atoms. The third kappa shape index (κ3) is 3.06. The van der Waals surface area contributed by atoms with Crippen molar-refractivity contribution in [2.45, 2.75) is 6.54 Å². The lowest BCUT2D eigenvalue weighted by atomic mass is 10.2. The largest absolute Gasteiger partial charge is 0.291 e. The van der Waals surface area contributed by atoms with E-state index in [1.54, 1.807) is 12.1 Å². The first-order chi connectivity index (χ1) is 11.0. The number of rotatable bonds is 4. The van der Waals surface area contributed by atoms with Gasteiger partial charge in [-0.3, -0.25) is 24.3 Å². The Hall–Kier alpha value is -2.39.